The van der Waals surface area contributed by atoms with Crippen LogP contribution >= 0.6 is 0 Å². The first kappa shape index (κ1) is 11.2. The van der Waals surface area contributed by atoms with Crippen molar-refractivity contribution in [2.45, 2.75) is 31.7 Å². The van der Waals surface area contributed by atoms with Crippen LogP contribution in [-0.2, 0) is 11.3 Å². The van der Waals surface area contributed by atoms with Gasteiger partial charge in [-0.15, -0.1) is 0 Å². The van der Waals surface area contributed by atoms with Crippen molar-refractivity contribution in [3.63, 3.8) is 0 Å². The van der Waals surface area contributed by atoms with Gasteiger partial charge in [-0.05, 0) is 32.4 Å². The number of aromatic nitrogens is 2. The van der Waals surface area contributed by atoms with Crippen LogP contribution in [0.4, 0.5) is 0 Å². The van der Waals surface area contributed by atoms with Crippen LogP contribution in [0.15, 0.2) is 12.5 Å². The van der Waals surface area contributed by atoms with E-state index in [0.717, 1.165) is 32.8 Å². The zero-order valence-electron chi connectivity index (χ0n) is 10.3. The minimum atomic E-state index is 0.685. The average molecular weight is 235 g/mol. The largest absolute Gasteiger partial charge is 0.381 e. The summed E-state index contributed by atoms with van der Waals surface area (Å²) in [7, 11) is 0. The van der Waals surface area contributed by atoms with Gasteiger partial charge in [0.15, 0.2) is 0 Å². The minimum absolute atomic E-state index is 0.685. The molecule has 0 amide bonds. The van der Waals surface area contributed by atoms with Gasteiger partial charge < -0.3 is 14.6 Å². The fraction of sp³-hybridized carbons (Fsp3) is 0.769. The van der Waals surface area contributed by atoms with E-state index in [9.17, 15) is 0 Å². The van der Waals surface area contributed by atoms with E-state index in [-0.39, 0.29) is 0 Å². The van der Waals surface area contributed by atoms with E-state index in [2.05, 4.69) is 21.1 Å². The van der Waals surface area contributed by atoms with Crippen LogP contribution in [-0.4, -0.2) is 35.9 Å². The van der Waals surface area contributed by atoms with Crippen LogP contribution in [0.2, 0.25) is 0 Å². The Labute approximate surface area is 102 Å². The van der Waals surface area contributed by atoms with Crippen molar-refractivity contribution in [3.05, 3.63) is 18.2 Å². The summed E-state index contributed by atoms with van der Waals surface area (Å²) in [5.41, 5.74) is 1.43. The molecule has 1 aromatic rings. The second-order valence-electron chi connectivity index (χ2n) is 5.22. The van der Waals surface area contributed by atoms with E-state index < -0.39 is 0 Å². The van der Waals surface area contributed by atoms with Gasteiger partial charge in [0.2, 0.25) is 0 Å². The van der Waals surface area contributed by atoms with Crippen LogP contribution in [0.5, 0.6) is 0 Å². The second kappa shape index (κ2) is 5.19. The molecule has 0 saturated carbocycles. The molecule has 17 heavy (non-hydrogen) atoms. The summed E-state index contributed by atoms with van der Waals surface area (Å²) in [6.45, 7) is 5.22. The molecule has 1 N–H and O–H groups in total. The molecule has 0 radical (unpaired) electrons. The normalized spacial score (nSPS) is 26.5. The Morgan fingerprint density at radius 1 is 1.35 bits per heavy atom. The predicted octanol–water partition coefficient (Wildman–Crippen LogP) is 1.39. The summed E-state index contributed by atoms with van der Waals surface area (Å²) in [5.74, 6) is 1.38. The van der Waals surface area contributed by atoms with Crippen LogP contribution in [0.25, 0.3) is 0 Å². The quantitative estimate of drug-likeness (QED) is 0.860. The summed E-state index contributed by atoms with van der Waals surface area (Å²) in [6, 6.07) is 0. The van der Waals surface area contributed by atoms with Gasteiger partial charge in [-0.2, -0.15) is 0 Å². The number of hydrogen-bond acceptors (Lipinski definition) is 3. The Hall–Kier alpha value is -0.870. The molecule has 1 atom stereocenters. The number of imidazole rings is 1. The van der Waals surface area contributed by atoms with Crippen molar-refractivity contribution in [3.8, 4) is 0 Å². The van der Waals surface area contributed by atoms with Crippen molar-refractivity contribution in [2.75, 3.05) is 26.3 Å². The van der Waals surface area contributed by atoms with Crippen LogP contribution in [0.1, 0.15) is 30.9 Å². The molecule has 2 saturated heterocycles. The number of piperidine rings is 1. The molecule has 2 aliphatic rings. The molecule has 0 bridgehead atoms. The highest BCUT2D eigenvalue weighted by molar-refractivity contribution is 5.08. The molecule has 1 aromatic heterocycles. The standard InChI is InChI=1S/C13H21N3O/c1-4-14-5-2-12(1)13-7-15-10-16(13)8-11-3-6-17-9-11/h7,10-12,14H,1-6,8-9H2. The highest BCUT2D eigenvalue weighted by atomic mass is 16.5. The van der Waals surface area contributed by atoms with Crippen molar-refractivity contribution in [1.29, 1.82) is 0 Å². The average Bonchev–Trinajstić information content (AvgIpc) is 3.02. The van der Waals surface area contributed by atoms with E-state index in [1.807, 2.05) is 6.33 Å². The Kier molecular flexibility index (Phi) is 3.43. The lowest BCUT2D eigenvalue weighted by Crippen LogP contribution is -2.28. The maximum atomic E-state index is 5.45. The molecule has 2 fully saturated rings. The Balaban J connectivity index is 1.69. The summed E-state index contributed by atoms with van der Waals surface area (Å²) < 4.78 is 7.80. The molecule has 4 nitrogen and oxygen atoms in total. The summed E-state index contributed by atoms with van der Waals surface area (Å²) in [4.78, 5) is 4.34. The van der Waals surface area contributed by atoms with Gasteiger partial charge in [-0.3, -0.25) is 0 Å². The lowest BCUT2D eigenvalue weighted by Gasteiger charge is -2.24. The SMILES string of the molecule is c1ncn(CC2CCOC2)c1C1CCNCC1. The van der Waals surface area contributed by atoms with Crippen molar-refractivity contribution in [2.24, 2.45) is 5.92 Å². The lowest BCUT2D eigenvalue weighted by atomic mass is 9.94. The summed E-state index contributed by atoms with van der Waals surface area (Å²) >= 11 is 0. The van der Waals surface area contributed by atoms with Gasteiger partial charge >= 0.3 is 0 Å². The van der Waals surface area contributed by atoms with Gasteiger partial charge in [-0.1, -0.05) is 0 Å². The molecule has 3 rings (SSSR count). The van der Waals surface area contributed by atoms with Crippen molar-refractivity contribution >= 4 is 0 Å². The molecular weight excluding hydrogens is 214 g/mol. The number of hydrogen-bond donors (Lipinski definition) is 1. The third-order valence-corrected chi connectivity index (χ3v) is 3.98. The molecule has 1 unspecified atom stereocenters. The van der Waals surface area contributed by atoms with E-state index in [4.69, 9.17) is 4.74 Å². The first-order valence-electron chi connectivity index (χ1n) is 6.72. The second-order valence-corrected chi connectivity index (χ2v) is 5.22. The van der Waals surface area contributed by atoms with Crippen LogP contribution < -0.4 is 5.32 Å². The van der Waals surface area contributed by atoms with E-state index in [0.29, 0.717) is 11.8 Å². The maximum absolute atomic E-state index is 5.45. The van der Waals surface area contributed by atoms with Crippen molar-refractivity contribution < 1.29 is 4.74 Å². The first-order valence-corrected chi connectivity index (χ1v) is 6.72. The highest BCUT2D eigenvalue weighted by Gasteiger charge is 2.21. The van der Waals surface area contributed by atoms with Gasteiger partial charge in [0.1, 0.15) is 0 Å². The van der Waals surface area contributed by atoms with Gasteiger partial charge in [0, 0.05) is 36.9 Å². The Morgan fingerprint density at radius 2 is 2.24 bits per heavy atom. The van der Waals surface area contributed by atoms with E-state index >= 15 is 0 Å². The summed E-state index contributed by atoms with van der Waals surface area (Å²) in [6.07, 6.45) is 7.74. The first-order chi connectivity index (χ1) is 8.43. The molecule has 0 aliphatic carbocycles. The van der Waals surface area contributed by atoms with Crippen molar-refractivity contribution in [1.82, 2.24) is 14.9 Å². The molecule has 2 aliphatic heterocycles. The number of rotatable bonds is 3. The molecule has 0 aromatic carbocycles. The zero-order valence-corrected chi connectivity index (χ0v) is 10.3. The molecule has 4 heteroatoms. The maximum Gasteiger partial charge on any atom is 0.0948 e. The highest BCUT2D eigenvalue weighted by Crippen LogP contribution is 2.26. The third kappa shape index (κ3) is 2.53. The molecular formula is C13H21N3O. The van der Waals surface area contributed by atoms with E-state index in [1.54, 1.807) is 0 Å². The van der Waals surface area contributed by atoms with Crippen LogP contribution in [0.3, 0.4) is 0 Å². The van der Waals surface area contributed by atoms with Crippen LogP contribution in [0, 0.1) is 5.92 Å². The summed E-state index contributed by atoms with van der Waals surface area (Å²) in [5, 5.41) is 3.42. The topological polar surface area (TPSA) is 39.1 Å². The zero-order chi connectivity index (χ0) is 11.5. The fourth-order valence-corrected chi connectivity index (χ4v) is 2.95. The number of ether oxygens (including phenoxy) is 1. The minimum Gasteiger partial charge on any atom is -0.381 e. The fourth-order valence-electron chi connectivity index (χ4n) is 2.95. The van der Waals surface area contributed by atoms with Gasteiger partial charge in [0.25, 0.3) is 0 Å². The third-order valence-electron chi connectivity index (χ3n) is 3.98. The number of nitrogens with one attached hydrogen (secondary N) is 1. The number of nitrogens with zero attached hydrogens (tertiary/aromatic N) is 2. The van der Waals surface area contributed by atoms with Gasteiger partial charge in [0.05, 0.1) is 12.9 Å². The molecule has 94 valence electrons. The lowest BCUT2D eigenvalue weighted by molar-refractivity contribution is 0.182. The molecule has 3 heterocycles. The smallest absolute Gasteiger partial charge is 0.0948 e. The van der Waals surface area contributed by atoms with E-state index in [1.165, 1.54) is 25.0 Å². The Bertz CT molecular complexity index is 351. The monoisotopic (exact) mass is 235 g/mol. The van der Waals surface area contributed by atoms with Gasteiger partial charge in [-0.25, -0.2) is 4.98 Å². The predicted molar refractivity (Wildman–Crippen MR) is 66.0 cm³/mol. The molecule has 0 spiro atoms. The Morgan fingerprint density at radius 3 is 3.00 bits per heavy atom.